The van der Waals surface area contributed by atoms with Gasteiger partial charge in [0.1, 0.15) is 12.7 Å². The Labute approximate surface area is 118 Å². The maximum Gasteiger partial charge on any atom is 0.178 e. The van der Waals surface area contributed by atoms with E-state index in [9.17, 15) is 0 Å². The summed E-state index contributed by atoms with van der Waals surface area (Å²) in [5, 5.41) is 7.71. The Kier molecular flexibility index (Phi) is 3.40. The number of hydrogen-bond acceptors (Lipinski definition) is 5. The minimum absolute atomic E-state index is 0.0778. The molecule has 1 aliphatic heterocycles. The zero-order valence-corrected chi connectivity index (χ0v) is 11.8. The van der Waals surface area contributed by atoms with E-state index in [0.717, 1.165) is 31.0 Å². The fourth-order valence-corrected chi connectivity index (χ4v) is 2.58. The Morgan fingerprint density at radius 1 is 1.45 bits per heavy atom. The number of pyridine rings is 1. The number of aromatic nitrogens is 4. The first kappa shape index (κ1) is 13.1. The third-order valence-electron chi connectivity index (χ3n) is 3.48. The Bertz CT molecular complexity index is 567. The fourth-order valence-electron chi connectivity index (χ4n) is 2.58. The van der Waals surface area contributed by atoms with Crippen molar-refractivity contribution in [1.29, 1.82) is 0 Å². The molecule has 0 aliphatic carbocycles. The Balaban J connectivity index is 1.81. The second-order valence-corrected chi connectivity index (χ2v) is 5.66. The largest absolute Gasteiger partial charge is 0.379 e. The number of rotatable bonds is 3. The van der Waals surface area contributed by atoms with Crippen LogP contribution in [0.25, 0.3) is 5.82 Å². The Morgan fingerprint density at radius 3 is 3.10 bits per heavy atom. The van der Waals surface area contributed by atoms with Crippen molar-refractivity contribution in [2.45, 2.75) is 38.3 Å². The van der Waals surface area contributed by atoms with Crippen molar-refractivity contribution in [3.8, 4) is 5.82 Å². The van der Waals surface area contributed by atoms with Gasteiger partial charge in [0.15, 0.2) is 5.82 Å². The molecule has 106 valence electrons. The van der Waals surface area contributed by atoms with Gasteiger partial charge in [-0.25, -0.2) is 14.6 Å². The molecule has 2 aromatic heterocycles. The highest BCUT2D eigenvalue weighted by Gasteiger charge is 2.29. The molecule has 1 unspecified atom stereocenters. The van der Waals surface area contributed by atoms with Crippen LogP contribution < -0.4 is 5.32 Å². The fraction of sp³-hybridized carbons (Fsp3) is 0.500. The highest BCUT2D eigenvalue weighted by molar-refractivity contribution is 5.56. The lowest BCUT2D eigenvalue weighted by Gasteiger charge is -2.36. The predicted octanol–water partition coefficient (Wildman–Crippen LogP) is 2.03. The van der Waals surface area contributed by atoms with Gasteiger partial charge < -0.3 is 10.1 Å². The summed E-state index contributed by atoms with van der Waals surface area (Å²) in [6.45, 7) is 5.04. The van der Waals surface area contributed by atoms with E-state index in [1.54, 1.807) is 17.2 Å². The molecule has 1 N–H and O–H groups in total. The first-order chi connectivity index (χ1) is 9.64. The van der Waals surface area contributed by atoms with Gasteiger partial charge in [0.05, 0.1) is 11.3 Å². The Morgan fingerprint density at radius 2 is 2.35 bits per heavy atom. The number of ether oxygens (including phenoxy) is 1. The van der Waals surface area contributed by atoms with Crippen molar-refractivity contribution in [2.75, 3.05) is 11.9 Å². The quantitative estimate of drug-likeness (QED) is 0.927. The molecule has 1 aliphatic rings. The molecular weight excluding hydrogens is 254 g/mol. The number of hydrogen-bond donors (Lipinski definition) is 1. The van der Waals surface area contributed by atoms with Crippen LogP contribution in [0.3, 0.4) is 0 Å². The molecular formula is C14H19N5O. The summed E-state index contributed by atoms with van der Waals surface area (Å²) < 4.78 is 7.43. The van der Waals surface area contributed by atoms with Crippen LogP contribution in [0.5, 0.6) is 0 Å². The third-order valence-corrected chi connectivity index (χ3v) is 3.48. The van der Waals surface area contributed by atoms with Gasteiger partial charge >= 0.3 is 0 Å². The van der Waals surface area contributed by atoms with Gasteiger partial charge in [-0.15, -0.1) is 0 Å². The molecule has 20 heavy (non-hydrogen) atoms. The van der Waals surface area contributed by atoms with Crippen LogP contribution >= 0.6 is 0 Å². The lowest BCUT2D eigenvalue weighted by atomic mass is 9.94. The summed E-state index contributed by atoms with van der Waals surface area (Å²) in [5.41, 5.74) is 0.895. The molecule has 3 rings (SSSR count). The highest BCUT2D eigenvalue weighted by atomic mass is 16.5. The van der Waals surface area contributed by atoms with Gasteiger partial charge in [-0.3, -0.25) is 0 Å². The molecule has 1 fully saturated rings. The standard InChI is InChI=1S/C14H19N5O/c1-14(2)8-11(5-7-20-14)18-12-4-3-6-16-13(12)19-10-15-9-17-19/h3-4,6,9-11,18H,5,7-8H2,1-2H3. The van der Waals surface area contributed by atoms with Gasteiger partial charge in [-0.2, -0.15) is 5.10 Å². The van der Waals surface area contributed by atoms with Crippen LogP contribution in [0.1, 0.15) is 26.7 Å². The molecule has 2 aromatic rings. The van der Waals surface area contributed by atoms with Crippen molar-refractivity contribution < 1.29 is 4.74 Å². The molecule has 0 aromatic carbocycles. The van der Waals surface area contributed by atoms with Crippen LogP contribution in [-0.4, -0.2) is 38.0 Å². The number of nitrogens with one attached hydrogen (secondary N) is 1. The number of anilines is 1. The lowest BCUT2D eigenvalue weighted by Crippen LogP contribution is -2.40. The minimum Gasteiger partial charge on any atom is -0.379 e. The molecule has 1 saturated heterocycles. The van der Waals surface area contributed by atoms with Gasteiger partial charge in [0, 0.05) is 18.8 Å². The molecule has 6 heteroatoms. The molecule has 0 bridgehead atoms. The second-order valence-electron chi connectivity index (χ2n) is 5.66. The molecule has 6 nitrogen and oxygen atoms in total. The van der Waals surface area contributed by atoms with Crippen molar-refractivity contribution in [2.24, 2.45) is 0 Å². The van der Waals surface area contributed by atoms with Crippen LogP contribution in [0.2, 0.25) is 0 Å². The molecule has 3 heterocycles. The molecule has 0 amide bonds. The minimum atomic E-state index is -0.0778. The van der Waals surface area contributed by atoms with Crippen LogP contribution in [0.4, 0.5) is 5.69 Å². The van der Waals surface area contributed by atoms with Gasteiger partial charge in [0.25, 0.3) is 0 Å². The number of nitrogens with zero attached hydrogens (tertiary/aromatic N) is 4. The van der Waals surface area contributed by atoms with E-state index < -0.39 is 0 Å². The second kappa shape index (κ2) is 5.20. The zero-order valence-electron chi connectivity index (χ0n) is 11.8. The van der Waals surface area contributed by atoms with Gasteiger partial charge in [-0.1, -0.05) is 0 Å². The lowest BCUT2D eigenvalue weighted by molar-refractivity contribution is -0.0553. The summed E-state index contributed by atoms with van der Waals surface area (Å²) in [5.74, 6) is 0.772. The third kappa shape index (κ3) is 2.80. The predicted molar refractivity (Wildman–Crippen MR) is 75.8 cm³/mol. The van der Waals surface area contributed by atoms with Crippen molar-refractivity contribution in [3.05, 3.63) is 31.0 Å². The topological polar surface area (TPSA) is 64.9 Å². The molecule has 0 saturated carbocycles. The van der Waals surface area contributed by atoms with Crippen LogP contribution in [0, 0.1) is 0 Å². The highest BCUT2D eigenvalue weighted by Crippen LogP contribution is 2.27. The van der Waals surface area contributed by atoms with E-state index in [1.165, 1.54) is 6.33 Å². The van der Waals surface area contributed by atoms with E-state index in [0.29, 0.717) is 6.04 Å². The van der Waals surface area contributed by atoms with Crippen LogP contribution in [-0.2, 0) is 4.74 Å². The summed E-state index contributed by atoms with van der Waals surface area (Å²) in [6.07, 6.45) is 6.89. The summed E-state index contributed by atoms with van der Waals surface area (Å²) >= 11 is 0. The average molecular weight is 273 g/mol. The average Bonchev–Trinajstić information content (AvgIpc) is 2.92. The smallest absolute Gasteiger partial charge is 0.178 e. The van der Waals surface area contributed by atoms with Gasteiger partial charge in [-0.05, 0) is 38.8 Å². The van der Waals surface area contributed by atoms with E-state index in [1.807, 2.05) is 12.1 Å². The normalized spacial score (nSPS) is 21.6. The van der Waals surface area contributed by atoms with E-state index in [2.05, 4.69) is 34.2 Å². The molecule has 0 spiro atoms. The van der Waals surface area contributed by atoms with Gasteiger partial charge in [0.2, 0.25) is 0 Å². The summed E-state index contributed by atoms with van der Waals surface area (Å²) in [6, 6.07) is 4.32. The maximum atomic E-state index is 5.75. The molecule has 0 radical (unpaired) electrons. The van der Waals surface area contributed by atoms with Crippen molar-refractivity contribution >= 4 is 5.69 Å². The SMILES string of the molecule is CC1(C)CC(Nc2cccnc2-n2cncn2)CCO1. The van der Waals surface area contributed by atoms with E-state index in [4.69, 9.17) is 4.74 Å². The molecule has 1 atom stereocenters. The van der Waals surface area contributed by atoms with Crippen LogP contribution in [0.15, 0.2) is 31.0 Å². The summed E-state index contributed by atoms with van der Waals surface area (Å²) in [4.78, 5) is 8.36. The first-order valence-corrected chi connectivity index (χ1v) is 6.85. The Hall–Kier alpha value is -1.95. The van der Waals surface area contributed by atoms with Crippen molar-refractivity contribution in [3.63, 3.8) is 0 Å². The van der Waals surface area contributed by atoms with E-state index >= 15 is 0 Å². The maximum absolute atomic E-state index is 5.75. The van der Waals surface area contributed by atoms with Crippen molar-refractivity contribution in [1.82, 2.24) is 19.7 Å². The summed E-state index contributed by atoms with van der Waals surface area (Å²) in [7, 11) is 0. The first-order valence-electron chi connectivity index (χ1n) is 6.85. The zero-order chi connectivity index (χ0) is 14.0. The monoisotopic (exact) mass is 273 g/mol. The van der Waals surface area contributed by atoms with E-state index in [-0.39, 0.29) is 5.60 Å².